The molecule has 2 amide bonds. The van der Waals surface area contributed by atoms with Gasteiger partial charge in [0.05, 0.1) is 14.2 Å². The van der Waals surface area contributed by atoms with Crippen molar-refractivity contribution in [1.29, 1.82) is 0 Å². The fourth-order valence-corrected chi connectivity index (χ4v) is 3.82. The summed E-state index contributed by atoms with van der Waals surface area (Å²) in [6.45, 7) is 3.22. The summed E-state index contributed by atoms with van der Waals surface area (Å²) >= 11 is 0. The first-order valence-electron chi connectivity index (χ1n) is 11.1. The highest BCUT2D eigenvalue weighted by atomic mass is 16.5. The maximum Gasteiger partial charge on any atom is 0.315 e. The van der Waals surface area contributed by atoms with E-state index < -0.39 is 0 Å². The highest BCUT2D eigenvalue weighted by Gasteiger charge is 2.11. The molecule has 0 bridgehead atoms. The normalized spacial score (nSPS) is 13.9. The zero-order chi connectivity index (χ0) is 21.9. The van der Waals surface area contributed by atoms with E-state index in [1.165, 1.54) is 25.7 Å². The summed E-state index contributed by atoms with van der Waals surface area (Å²) in [7, 11) is 3.26. The van der Waals surface area contributed by atoms with E-state index in [4.69, 9.17) is 9.47 Å². The molecule has 1 aromatic carbocycles. The Morgan fingerprint density at radius 1 is 0.968 bits per heavy atom. The lowest BCUT2D eigenvalue weighted by Gasteiger charge is -2.21. The second kappa shape index (κ2) is 12.0. The predicted molar refractivity (Wildman–Crippen MR) is 123 cm³/mol. The molecule has 1 aromatic heterocycles. The molecule has 0 unspecified atom stereocenters. The summed E-state index contributed by atoms with van der Waals surface area (Å²) in [5.41, 5.74) is 2.22. The molecule has 7 heteroatoms. The Morgan fingerprint density at radius 2 is 1.74 bits per heavy atom. The van der Waals surface area contributed by atoms with Gasteiger partial charge in [-0.2, -0.15) is 0 Å². The van der Waals surface area contributed by atoms with Crippen LogP contribution in [0.4, 0.5) is 10.6 Å². The third-order valence-corrected chi connectivity index (χ3v) is 5.57. The molecule has 2 aromatic rings. The van der Waals surface area contributed by atoms with Gasteiger partial charge in [0.1, 0.15) is 5.82 Å². The summed E-state index contributed by atoms with van der Waals surface area (Å²) in [5, 5.41) is 5.87. The van der Waals surface area contributed by atoms with Gasteiger partial charge >= 0.3 is 6.03 Å². The molecule has 2 heterocycles. The molecule has 0 atom stereocenters. The molecule has 1 aliphatic rings. The smallest absolute Gasteiger partial charge is 0.315 e. The van der Waals surface area contributed by atoms with Crippen molar-refractivity contribution in [3.8, 4) is 11.5 Å². The van der Waals surface area contributed by atoms with Gasteiger partial charge in [0, 0.05) is 32.4 Å². The lowest BCUT2D eigenvalue weighted by Crippen LogP contribution is -2.35. The Morgan fingerprint density at radius 3 is 2.48 bits per heavy atom. The third kappa shape index (κ3) is 7.05. The standard InChI is InChI=1S/C24H34N4O3/c1-30-21-10-9-19(16-22(21)31-2)8-7-12-26-24(29)27-18-20-11-13-25-23(17-20)28-14-5-3-4-6-15-28/h9-11,13,16-17H,3-8,12,14-15,18H2,1-2H3,(H2,26,27,29). The molecular formula is C24H34N4O3. The number of carbonyl (C=O) groups is 1. The summed E-state index contributed by atoms with van der Waals surface area (Å²) < 4.78 is 10.6. The van der Waals surface area contributed by atoms with Crippen molar-refractivity contribution in [3.05, 3.63) is 47.7 Å². The van der Waals surface area contributed by atoms with Crippen LogP contribution in [0.2, 0.25) is 0 Å². The van der Waals surface area contributed by atoms with Gasteiger partial charge < -0.3 is 25.0 Å². The fourth-order valence-electron chi connectivity index (χ4n) is 3.82. The number of hydrogen-bond acceptors (Lipinski definition) is 5. The SMILES string of the molecule is COc1ccc(CCCNC(=O)NCc2ccnc(N3CCCCCC3)c2)cc1OC. The second-order valence-electron chi connectivity index (χ2n) is 7.83. The number of methoxy groups -OCH3 is 2. The topological polar surface area (TPSA) is 75.7 Å². The number of urea groups is 1. The lowest BCUT2D eigenvalue weighted by molar-refractivity contribution is 0.240. The first-order valence-corrected chi connectivity index (χ1v) is 11.1. The molecule has 31 heavy (non-hydrogen) atoms. The minimum atomic E-state index is -0.152. The van der Waals surface area contributed by atoms with Crippen LogP contribution in [0.15, 0.2) is 36.5 Å². The summed E-state index contributed by atoms with van der Waals surface area (Å²) in [4.78, 5) is 19.0. The molecule has 0 aliphatic carbocycles. The highest BCUT2D eigenvalue weighted by molar-refractivity contribution is 5.73. The van der Waals surface area contributed by atoms with Crippen LogP contribution >= 0.6 is 0 Å². The van der Waals surface area contributed by atoms with E-state index in [1.54, 1.807) is 14.2 Å². The molecule has 7 nitrogen and oxygen atoms in total. The number of aryl methyl sites for hydroxylation is 1. The number of carbonyl (C=O) groups excluding carboxylic acids is 1. The van der Waals surface area contributed by atoms with Gasteiger partial charge in [-0.05, 0) is 61.1 Å². The first-order chi connectivity index (χ1) is 15.2. The van der Waals surface area contributed by atoms with Gasteiger partial charge in [0.2, 0.25) is 0 Å². The van der Waals surface area contributed by atoms with Crippen molar-refractivity contribution < 1.29 is 14.3 Å². The van der Waals surface area contributed by atoms with E-state index in [0.717, 1.165) is 54.4 Å². The van der Waals surface area contributed by atoms with Crippen molar-refractivity contribution in [1.82, 2.24) is 15.6 Å². The Bertz CT molecular complexity index is 835. The second-order valence-corrected chi connectivity index (χ2v) is 7.83. The number of benzene rings is 1. The van der Waals surface area contributed by atoms with Gasteiger partial charge in [-0.25, -0.2) is 9.78 Å². The molecule has 2 N–H and O–H groups in total. The number of amides is 2. The number of hydrogen-bond donors (Lipinski definition) is 2. The highest BCUT2D eigenvalue weighted by Crippen LogP contribution is 2.27. The van der Waals surface area contributed by atoms with Crippen molar-refractivity contribution in [2.24, 2.45) is 0 Å². The van der Waals surface area contributed by atoms with Crippen molar-refractivity contribution >= 4 is 11.8 Å². The number of rotatable bonds is 9. The molecule has 168 valence electrons. The van der Waals surface area contributed by atoms with Crippen LogP contribution in [0.1, 0.15) is 43.2 Å². The van der Waals surface area contributed by atoms with Gasteiger partial charge in [-0.3, -0.25) is 0 Å². The Balaban J connectivity index is 1.39. The van der Waals surface area contributed by atoms with Crippen molar-refractivity contribution in [2.45, 2.75) is 45.1 Å². The molecule has 0 spiro atoms. The molecule has 1 saturated heterocycles. The molecule has 1 aliphatic heterocycles. The van der Waals surface area contributed by atoms with E-state index in [0.29, 0.717) is 13.1 Å². The summed E-state index contributed by atoms with van der Waals surface area (Å²) in [5.74, 6) is 2.46. The minimum absolute atomic E-state index is 0.152. The number of ether oxygens (including phenoxy) is 2. The Labute approximate surface area is 185 Å². The zero-order valence-corrected chi connectivity index (χ0v) is 18.7. The molecular weight excluding hydrogens is 392 g/mol. The van der Waals surface area contributed by atoms with Crippen molar-refractivity contribution in [3.63, 3.8) is 0 Å². The minimum Gasteiger partial charge on any atom is -0.493 e. The Kier molecular flexibility index (Phi) is 8.82. The van der Waals surface area contributed by atoms with E-state index in [1.807, 2.05) is 30.5 Å². The van der Waals surface area contributed by atoms with Gasteiger partial charge in [-0.1, -0.05) is 18.9 Å². The summed E-state index contributed by atoms with van der Waals surface area (Å²) in [6, 6.07) is 9.79. The molecule has 0 saturated carbocycles. The van der Waals surface area contributed by atoms with E-state index >= 15 is 0 Å². The zero-order valence-electron chi connectivity index (χ0n) is 18.7. The lowest BCUT2D eigenvalue weighted by atomic mass is 10.1. The molecule has 0 radical (unpaired) electrons. The van der Waals surface area contributed by atoms with Crippen LogP contribution in [0.3, 0.4) is 0 Å². The monoisotopic (exact) mass is 426 g/mol. The number of aromatic nitrogens is 1. The maximum absolute atomic E-state index is 12.2. The number of pyridine rings is 1. The quantitative estimate of drug-likeness (QED) is 0.595. The number of nitrogens with zero attached hydrogens (tertiary/aromatic N) is 2. The maximum atomic E-state index is 12.2. The average Bonchev–Trinajstić information content (AvgIpc) is 3.10. The van der Waals surface area contributed by atoms with E-state index in [2.05, 4.69) is 26.6 Å². The number of anilines is 1. The van der Waals surface area contributed by atoms with E-state index in [-0.39, 0.29) is 6.03 Å². The van der Waals surface area contributed by atoms with Crippen LogP contribution in [-0.4, -0.2) is 44.9 Å². The molecule has 1 fully saturated rings. The van der Waals surface area contributed by atoms with Crippen LogP contribution in [-0.2, 0) is 13.0 Å². The van der Waals surface area contributed by atoms with Crippen LogP contribution < -0.4 is 25.0 Å². The van der Waals surface area contributed by atoms with Crippen LogP contribution in [0, 0.1) is 0 Å². The largest absolute Gasteiger partial charge is 0.493 e. The summed E-state index contributed by atoms with van der Waals surface area (Å²) in [6.07, 6.45) is 8.55. The van der Waals surface area contributed by atoms with Crippen LogP contribution in [0.25, 0.3) is 0 Å². The fraction of sp³-hybridized carbons (Fsp3) is 0.500. The van der Waals surface area contributed by atoms with Gasteiger partial charge in [0.25, 0.3) is 0 Å². The van der Waals surface area contributed by atoms with Crippen LogP contribution in [0.5, 0.6) is 11.5 Å². The first kappa shape index (κ1) is 22.7. The molecule has 3 rings (SSSR count). The van der Waals surface area contributed by atoms with Gasteiger partial charge in [0.15, 0.2) is 11.5 Å². The third-order valence-electron chi connectivity index (χ3n) is 5.57. The Hall–Kier alpha value is -2.96. The average molecular weight is 427 g/mol. The van der Waals surface area contributed by atoms with Gasteiger partial charge in [-0.15, -0.1) is 0 Å². The number of nitrogens with one attached hydrogen (secondary N) is 2. The predicted octanol–water partition coefficient (Wildman–Crippen LogP) is 3.91. The van der Waals surface area contributed by atoms with E-state index in [9.17, 15) is 4.79 Å². The van der Waals surface area contributed by atoms with Crippen molar-refractivity contribution in [2.75, 3.05) is 38.8 Å².